The number of aryl methyl sites for hydroxylation is 1. The summed E-state index contributed by atoms with van der Waals surface area (Å²) >= 11 is 6.04. The van der Waals surface area contributed by atoms with Gasteiger partial charge in [-0.25, -0.2) is 4.79 Å². The van der Waals surface area contributed by atoms with Crippen molar-refractivity contribution in [2.24, 2.45) is 0 Å². The molecule has 4 heteroatoms. The van der Waals surface area contributed by atoms with Crippen LogP contribution in [0.1, 0.15) is 27.9 Å². The predicted octanol–water partition coefficient (Wildman–Crippen LogP) is 3.99. The van der Waals surface area contributed by atoms with Gasteiger partial charge in [-0.15, -0.1) is 0 Å². The molecule has 0 fully saturated rings. The Kier molecular flexibility index (Phi) is 3.84. The van der Waals surface area contributed by atoms with Crippen LogP contribution in [0.15, 0.2) is 42.5 Å². The van der Waals surface area contributed by atoms with Crippen LogP contribution in [-0.4, -0.2) is 17.6 Å². The molecule has 3 nitrogen and oxygen atoms in total. The number of nitrogens with zero attached hydrogens (tertiary/aromatic N) is 1. The number of carboxylic acid groups (broad SMARTS) is 1. The molecule has 0 atom stereocenters. The minimum atomic E-state index is -0.991. The molecule has 0 aliphatic carbocycles. The number of anilines is 1. The minimum Gasteiger partial charge on any atom is -0.478 e. The van der Waals surface area contributed by atoms with E-state index in [1.54, 1.807) is 12.1 Å². The van der Waals surface area contributed by atoms with Crippen LogP contribution in [0.25, 0.3) is 0 Å². The standard InChI is InChI=1S/C17H16ClNO2/c18-15-10-12(7-8-14(15)17(20)21)11-19-9-3-5-13-4-1-2-6-16(13)19/h1-2,4,6-8,10H,3,5,9,11H2,(H,20,21). The molecule has 0 radical (unpaired) electrons. The van der Waals surface area contributed by atoms with Gasteiger partial charge in [0, 0.05) is 18.8 Å². The number of benzene rings is 2. The molecule has 0 saturated carbocycles. The first-order chi connectivity index (χ1) is 10.1. The van der Waals surface area contributed by atoms with Crippen LogP contribution in [0.4, 0.5) is 5.69 Å². The topological polar surface area (TPSA) is 40.5 Å². The van der Waals surface area contributed by atoms with Crippen LogP contribution in [0, 0.1) is 0 Å². The summed E-state index contributed by atoms with van der Waals surface area (Å²) in [6.07, 6.45) is 2.25. The smallest absolute Gasteiger partial charge is 0.337 e. The zero-order valence-corrected chi connectivity index (χ0v) is 12.3. The molecule has 0 saturated heterocycles. The Morgan fingerprint density at radius 2 is 2.05 bits per heavy atom. The summed E-state index contributed by atoms with van der Waals surface area (Å²) in [7, 11) is 0. The number of rotatable bonds is 3. The molecule has 1 aliphatic rings. The third kappa shape index (κ3) is 2.88. The summed E-state index contributed by atoms with van der Waals surface area (Å²) in [5.74, 6) is -0.991. The molecule has 21 heavy (non-hydrogen) atoms. The number of halogens is 1. The van der Waals surface area contributed by atoms with Gasteiger partial charge in [-0.05, 0) is 42.2 Å². The maximum Gasteiger partial charge on any atom is 0.337 e. The SMILES string of the molecule is O=C(O)c1ccc(CN2CCCc3ccccc32)cc1Cl. The molecule has 1 N–H and O–H groups in total. The highest BCUT2D eigenvalue weighted by molar-refractivity contribution is 6.33. The number of aromatic carboxylic acids is 1. The van der Waals surface area contributed by atoms with Crippen LogP contribution in [-0.2, 0) is 13.0 Å². The van der Waals surface area contributed by atoms with E-state index in [0.29, 0.717) is 5.02 Å². The number of hydrogen-bond acceptors (Lipinski definition) is 2. The molecule has 1 heterocycles. The van der Waals surface area contributed by atoms with Crippen molar-refractivity contribution in [3.8, 4) is 0 Å². The summed E-state index contributed by atoms with van der Waals surface area (Å²) < 4.78 is 0. The van der Waals surface area contributed by atoms with Gasteiger partial charge in [-0.1, -0.05) is 35.9 Å². The Labute approximate surface area is 128 Å². The predicted molar refractivity (Wildman–Crippen MR) is 84.2 cm³/mol. The second-order valence-electron chi connectivity index (χ2n) is 5.27. The largest absolute Gasteiger partial charge is 0.478 e. The highest BCUT2D eigenvalue weighted by Crippen LogP contribution is 2.28. The number of carboxylic acids is 1. The van der Waals surface area contributed by atoms with Crippen molar-refractivity contribution in [3.63, 3.8) is 0 Å². The van der Waals surface area contributed by atoms with Crippen LogP contribution >= 0.6 is 11.6 Å². The zero-order chi connectivity index (χ0) is 14.8. The number of carbonyl (C=O) groups is 1. The summed E-state index contributed by atoms with van der Waals surface area (Å²) in [4.78, 5) is 13.3. The van der Waals surface area contributed by atoms with Crippen LogP contribution < -0.4 is 4.90 Å². The zero-order valence-electron chi connectivity index (χ0n) is 11.6. The van der Waals surface area contributed by atoms with Gasteiger partial charge in [0.15, 0.2) is 0 Å². The van der Waals surface area contributed by atoms with Gasteiger partial charge in [0.2, 0.25) is 0 Å². The van der Waals surface area contributed by atoms with Crippen molar-refractivity contribution in [2.75, 3.05) is 11.4 Å². The third-order valence-corrected chi connectivity index (χ3v) is 4.16. The Hall–Kier alpha value is -2.00. The number of para-hydroxylation sites is 1. The molecule has 0 aromatic heterocycles. The van der Waals surface area contributed by atoms with Gasteiger partial charge < -0.3 is 10.0 Å². The van der Waals surface area contributed by atoms with Crippen molar-refractivity contribution in [2.45, 2.75) is 19.4 Å². The second-order valence-corrected chi connectivity index (χ2v) is 5.68. The third-order valence-electron chi connectivity index (χ3n) is 3.84. The molecule has 2 aromatic carbocycles. The first kappa shape index (κ1) is 14.0. The lowest BCUT2D eigenvalue weighted by atomic mass is 10.0. The summed E-state index contributed by atoms with van der Waals surface area (Å²) in [5.41, 5.74) is 3.82. The summed E-state index contributed by atoms with van der Waals surface area (Å²) in [6, 6.07) is 13.6. The van der Waals surface area contributed by atoms with E-state index in [2.05, 4.69) is 29.2 Å². The van der Waals surface area contributed by atoms with E-state index in [-0.39, 0.29) is 5.56 Å². The first-order valence-electron chi connectivity index (χ1n) is 7.00. The fourth-order valence-electron chi connectivity index (χ4n) is 2.83. The summed E-state index contributed by atoms with van der Waals surface area (Å²) in [5, 5.41) is 9.31. The highest BCUT2D eigenvalue weighted by atomic mass is 35.5. The highest BCUT2D eigenvalue weighted by Gasteiger charge is 2.17. The van der Waals surface area contributed by atoms with Crippen LogP contribution in [0.2, 0.25) is 5.02 Å². The monoisotopic (exact) mass is 301 g/mol. The number of hydrogen-bond donors (Lipinski definition) is 1. The van der Waals surface area contributed by atoms with Crippen molar-refractivity contribution in [1.82, 2.24) is 0 Å². The quantitative estimate of drug-likeness (QED) is 0.932. The van der Waals surface area contributed by atoms with E-state index in [1.165, 1.54) is 11.3 Å². The molecule has 1 aliphatic heterocycles. The fourth-order valence-corrected chi connectivity index (χ4v) is 3.11. The van der Waals surface area contributed by atoms with Crippen LogP contribution in [0.5, 0.6) is 0 Å². The molecule has 0 unspecified atom stereocenters. The van der Waals surface area contributed by atoms with Crippen molar-refractivity contribution in [1.29, 1.82) is 0 Å². The number of fused-ring (bicyclic) bond motifs is 1. The molecule has 0 bridgehead atoms. The Balaban J connectivity index is 1.85. The first-order valence-corrected chi connectivity index (χ1v) is 7.37. The second kappa shape index (κ2) is 5.78. The van der Waals surface area contributed by atoms with E-state index in [4.69, 9.17) is 16.7 Å². The van der Waals surface area contributed by atoms with Gasteiger partial charge in [-0.3, -0.25) is 0 Å². The Bertz CT molecular complexity index is 684. The van der Waals surface area contributed by atoms with E-state index in [1.807, 2.05) is 6.07 Å². The summed E-state index contributed by atoms with van der Waals surface area (Å²) in [6.45, 7) is 1.76. The lowest BCUT2D eigenvalue weighted by Gasteiger charge is -2.31. The van der Waals surface area contributed by atoms with Gasteiger partial charge in [0.25, 0.3) is 0 Å². The van der Waals surface area contributed by atoms with Gasteiger partial charge >= 0.3 is 5.97 Å². The molecule has 2 aromatic rings. The van der Waals surface area contributed by atoms with Crippen molar-refractivity contribution in [3.05, 3.63) is 64.2 Å². The van der Waals surface area contributed by atoms with Gasteiger partial charge in [0.05, 0.1) is 10.6 Å². The van der Waals surface area contributed by atoms with E-state index >= 15 is 0 Å². The molecular formula is C17H16ClNO2. The van der Waals surface area contributed by atoms with Gasteiger partial charge in [0.1, 0.15) is 0 Å². The van der Waals surface area contributed by atoms with Gasteiger partial charge in [-0.2, -0.15) is 0 Å². The lowest BCUT2D eigenvalue weighted by Crippen LogP contribution is -2.28. The lowest BCUT2D eigenvalue weighted by molar-refractivity contribution is 0.0697. The molecule has 0 amide bonds. The fraction of sp³-hybridized carbons (Fsp3) is 0.235. The average molecular weight is 302 g/mol. The average Bonchev–Trinajstić information content (AvgIpc) is 2.47. The minimum absolute atomic E-state index is 0.152. The molecule has 3 rings (SSSR count). The maximum atomic E-state index is 11.0. The molecular weight excluding hydrogens is 286 g/mol. The Morgan fingerprint density at radius 3 is 2.81 bits per heavy atom. The van der Waals surface area contributed by atoms with E-state index < -0.39 is 5.97 Å². The van der Waals surface area contributed by atoms with Crippen molar-refractivity contribution >= 4 is 23.3 Å². The molecule has 108 valence electrons. The molecule has 0 spiro atoms. The van der Waals surface area contributed by atoms with E-state index in [0.717, 1.165) is 31.5 Å². The van der Waals surface area contributed by atoms with Crippen LogP contribution in [0.3, 0.4) is 0 Å². The Morgan fingerprint density at radius 1 is 1.24 bits per heavy atom. The maximum absolute atomic E-state index is 11.0. The van der Waals surface area contributed by atoms with E-state index in [9.17, 15) is 4.79 Å². The normalized spacial score (nSPS) is 13.9. The van der Waals surface area contributed by atoms with Crippen molar-refractivity contribution < 1.29 is 9.90 Å².